The first kappa shape index (κ1) is 57.5. The lowest BCUT2D eigenvalue weighted by atomic mass is 9.68. The van der Waals surface area contributed by atoms with Crippen LogP contribution >= 0.6 is 0 Å². The van der Waals surface area contributed by atoms with E-state index in [0.717, 1.165) is 68.0 Å². The van der Waals surface area contributed by atoms with E-state index in [-0.39, 0.29) is 10.8 Å². The summed E-state index contributed by atoms with van der Waals surface area (Å²) in [6.45, 7) is 0. The zero-order chi connectivity index (χ0) is 63.6. The molecule has 462 valence electrons. The molecule has 2 spiro atoms. The molecule has 4 nitrogen and oxygen atoms in total. The molecule has 2 saturated carbocycles. The summed E-state index contributed by atoms with van der Waals surface area (Å²) in [4.78, 5) is 9.75. The number of para-hydroxylation sites is 2. The van der Waals surface area contributed by atoms with Crippen molar-refractivity contribution in [3.05, 3.63) is 350 Å². The summed E-state index contributed by atoms with van der Waals surface area (Å²) < 4.78 is 0. The molecular formula is C92H74N4. The number of hydrogen-bond acceptors (Lipinski definition) is 4. The van der Waals surface area contributed by atoms with Crippen molar-refractivity contribution in [2.24, 2.45) is 0 Å². The molecule has 0 amide bonds. The molecule has 0 aliphatic heterocycles. The summed E-state index contributed by atoms with van der Waals surface area (Å²) in [6, 6.07) is 122. The molecule has 0 bridgehead atoms. The minimum absolute atomic E-state index is 0.0582. The van der Waals surface area contributed by atoms with Crippen molar-refractivity contribution in [3.63, 3.8) is 0 Å². The molecule has 18 rings (SSSR count). The van der Waals surface area contributed by atoms with Gasteiger partial charge in [-0.05, 0) is 226 Å². The topological polar surface area (TPSA) is 13.0 Å². The van der Waals surface area contributed by atoms with Crippen LogP contribution in [0.3, 0.4) is 0 Å². The summed E-state index contributed by atoms with van der Waals surface area (Å²) >= 11 is 0. The van der Waals surface area contributed by atoms with Crippen molar-refractivity contribution in [1.82, 2.24) is 0 Å². The predicted molar refractivity (Wildman–Crippen MR) is 404 cm³/mol. The van der Waals surface area contributed by atoms with Crippen LogP contribution in [-0.2, 0) is 10.8 Å². The Morgan fingerprint density at radius 2 is 0.490 bits per heavy atom. The molecular weight excluding hydrogens is 1160 g/mol. The lowest BCUT2D eigenvalue weighted by Gasteiger charge is -2.36. The Kier molecular flexibility index (Phi) is 14.4. The van der Waals surface area contributed by atoms with Gasteiger partial charge in [0.2, 0.25) is 0 Å². The minimum Gasteiger partial charge on any atom is -0.310 e. The van der Waals surface area contributed by atoms with Gasteiger partial charge >= 0.3 is 0 Å². The van der Waals surface area contributed by atoms with Gasteiger partial charge < -0.3 is 19.6 Å². The molecule has 2 fully saturated rings. The SMILES string of the molecule is c1ccc(N(c2ccc(N(c3ccc(-c4ccc(N(c5ccc(N(c6ccccc6)c6ccc7c(c6)C6(CCCCC6)c6ccccc6-7)cc5)c5cccc6ccccc56)cc4)cc3)c3cccc4ccccc34)cc2)c2ccc3c(c2)C2(CCCCC2)c2ccccc2-3)cc1. The van der Waals surface area contributed by atoms with Crippen LogP contribution in [0, 0.1) is 0 Å². The first-order valence-electron chi connectivity index (χ1n) is 34.7. The van der Waals surface area contributed by atoms with Gasteiger partial charge in [0, 0.05) is 78.5 Å². The van der Waals surface area contributed by atoms with Crippen molar-refractivity contribution in [3.8, 4) is 33.4 Å². The van der Waals surface area contributed by atoms with Crippen LogP contribution in [0.25, 0.3) is 54.9 Å². The molecule has 4 heteroatoms. The van der Waals surface area contributed by atoms with Crippen molar-refractivity contribution in [1.29, 1.82) is 0 Å². The summed E-state index contributed by atoms with van der Waals surface area (Å²) in [5.41, 5.74) is 27.5. The average Bonchev–Trinajstić information content (AvgIpc) is 1.57. The quantitative estimate of drug-likeness (QED) is 0.114. The molecule has 0 radical (unpaired) electrons. The maximum atomic E-state index is 2.53. The predicted octanol–water partition coefficient (Wildman–Crippen LogP) is 26.0. The number of hydrogen-bond donors (Lipinski definition) is 0. The average molecular weight is 1240 g/mol. The van der Waals surface area contributed by atoms with Crippen LogP contribution in [0.15, 0.2) is 328 Å². The number of benzene rings is 14. The summed E-state index contributed by atoms with van der Waals surface area (Å²) in [5, 5.41) is 4.80. The normalized spacial score (nSPS) is 14.6. The van der Waals surface area contributed by atoms with E-state index in [1.165, 1.54) is 142 Å². The second-order valence-corrected chi connectivity index (χ2v) is 27.0. The highest BCUT2D eigenvalue weighted by Crippen LogP contribution is 2.59. The molecule has 0 saturated heterocycles. The van der Waals surface area contributed by atoms with Gasteiger partial charge in [0.05, 0.1) is 11.4 Å². The number of nitrogens with zero attached hydrogens (tertiary/aromatic N) is 4. The van der Waals surface area contributed by atoms with Gasteiger partial charge in [0.1, 0.15) is 0 Å². The zero-order valence-electron chi connectivity index (χ0n) is 54.0. The van der Waals surface area contributed by atoms with Gasteiger partial charge in [-0.25, -0.2) is 0 Å². The second-order valence-electron chi connectivity index (χ2n) is 27.0. The van der Waals surface area contributed by atoms with E-state index >= 15 is 0 Å². The zero-order valence-corrected chi connectivity index (χ0v) is 54.0. The summed E-state index contributed by atoms with van der Waals surface area (Å²) in [6.07, 6.45) is 12.5. The van der Waals surface area contributed by atoms with Gasteiger partial charge in [-0.15, -0.1) is 0 Å². The van der Waals surface area contributed by atoms with Crippen LogP contribution in [0.5, 0.6) is 0 Å². The fourth-order valence-corrected chi connectivity index (χ4v) is 17.4. The third-order valence-corrected chi connectivity index (χ3v) is 21.8. The third-order valence-electron chi connectivity index (χ3n) is 21.8. The van der Waals surface area contributed by atoms with E-state index in [0.29, 0.717) is 0 Å². The molecule has 14 aromatic carbocycles. The maximum Gasteiger partial charge on any atom is 0.0540 e. The van der Waals surface area contributed by atoms with Gasteiger partial charge in [-0.3, -0.25) is 0 Å². The highest BCUT2D eigenvalue weighted by molar-refractivity contribution is 6.01. The van der Waals surface area contributed by atoms with Gasteiger partial charge in [-0.2, -0.15) is 0 Å². The highest BCUT2D eigenvalue weighted by Gasteiger charge is 2.45. The van der Waals surface area contributed by atoms with Crippen LogP contribution < -0.4 is 19.6 Å². The minimum atomic E-state index is 0.0582. The summed E-state index contributed by atoms with van der Waals surface area (Å²) in [7, 11) is 0. The van der Waals surface area contributed by atoms with Gasteiger partial charge in [0.15, 0.2) is 0 Å². The van der Waals surface area contributed by atoms with E-state index in [4.69, 9.17) is 0 Å². The first-order valence-corrected chi connectivity index (χ1v) is 34.7. The second kappa shape index (κ2) is 24.0. The fraction of sp³-hybridized carbons (Fsp3) is 0.130. The Morgan fingerprint density at radius 3 is 0.885 bits per heavy atom. The van der Waals surface area contributed by atoms with Crippen LogP contribution in [0.4, 0.5) is 68.2 Å². The van der Waals surface area contributed by atoms with E-state index in [1.54, 1.807) is 0 Å². The van der Waals surface area contributed by atoms with Crippen molar-refractivity contribution < 1.29 is 0 Å². The Labute approximate surface area is 564 Å². The third kappa shape index (κ3) is 9.72. The van der Waals surface area contributed by atoms with Crippen LogP contribution in [0.1, 0.15) is 86.5 Å². The van der Waals surface area contributed by atoms with Crippen molar-refractivity contribution >= 4 is 89.8 Å². The van der Waals surface area contributed by atoms with E-state index in [2.05, 4.69) is 347 Å². The molecule has 0 N–H and O–H groups in total. The Bertz CT molecular complexity index is 4840. The molecule has 0 aromatic heterocycles. The number of fused-ring (bicyclic) bond motifs is 12. The monoisotopic (exact) mass is 1230 g/mol. The van der Waals surface area contributed by atoms with Crippen LogP contribution in [0.2, 0.25) is 0 Å². The summed E-state index contributed by atoms with van der Waals surface area (Å²) in [5.74, 6) is 0. The molecule has 96 heavy (non-hydrogen) atoms. The molecule has 4 aliphatic rings. The van der Waals surface area contributed by atoms with E-state index in [9.17, 15) is 0 Å². The maximum absolute atomic E-state index is 2.53. The Hall–Kier alpha value is -11.2. The Balaban J connectivity index is 0.680. The van der Waals surface area contributed by atoms with Gasteiger partial charge in [0.25, 0.3) is 0 Å². The molecule has 0 unspecified atom stereocenters. The molecule has 14 aromatic rings. The highest BCUT2D eigenvalue weighted by atomic mass is 15.2. The smallest absolute Gasteiger partial charge is 0.0540 e. The van der Waals surface area contributed by atoms with Crippen molar-refractivity contribution in [2.75, 3.05) is 19.6 Å². The Morgan fingerprint density at radius 1 is 0.198 bits per heavy atom. The van der Waals surface area contributed by atoms with Gasteiger partial charge in [-0.1, -0.05) is 233 Å². The molecule has 4 aliphatic carbocycles. The lowest BCUT2D eigenvalue weighted by Crippen LogP contribution is -2.28. The number of anilines is 12. The lowest BCUT2D eigenvalue weighted by molar-refractivity contribution is 0.353. The molecule has 0 atom stereocenters. The van der Waals surface area contributed by atoms with E-state index < -0.39 is 0 Å². The van der Waals surface area contributed by atoms with Crippen LogP contribution in [-0.4, -0.2) is 0 Å². The number of rotatable bonds is 13. The standard InChI is InChI=1S/C92H74N4/c1-5-27-69(28-6-1)93(77-55-57-83-81-33-13-15-35-85(81)91(87(83)63-77)59-17-3-18-60-91)71-47-51-75(52-48-71)95(89-37-21-25-67-23-9-11-31-79(67)89)73-43-39-65(40-44-73)66-41-45-74(46-42-66)96(90-38-22-26-68-24-10-12-32-80(68)90)76-53-49-72(50-54-76)94(70-29-7-2-8-30-70)78-56-58-84-82-34-14-16-36-86(82)92(88(84)64-78)61-19-4-20-62-92/h1-2,5-16,21-58,63-64H,3-4,17-20,59-62H2. The first-order chi connectivity index (χ1) is 47.6. The largest absolute Gasteiger partial charge is 0.310 e. The molecule has 0 heterocycles. The van der Waals surface area contributed by atoms with E-state index in [1.807, 2.05) is 0 Å². The fourth-order valence-electron chi connectivity index (χ4n) is 17.4. The van der Waals surface area contributed by atoms with Crippen molar-refractivity contribution in [2.45, 2.75) is 75.0 Å².